The number of hydroxylamine groups is 1. The maximum Gasteiger partial charge on any atom is 0.473 e. The van der Waals surface area contributed by atoms with Gasteiger partial charge in [0.1, 0.15) is 6.61 Å². The summed E-state index contributed by atoms with van der Waals surface area (Å²) in [5, 5.41) is 2.58. The van der Waals surface area contributed by atoms with Crippen molar-refractivity contribution in [1.82, 2.24) is 10.2 Å². The van der Waals surface area contributed by atoms with Crippen molar-refractivity contribution in [2.75, 3.05) is 19.3 Å². The van der Waals surface area contributed by atoms with E-state index in [4.69, 9.17) is 14.3 Å². The van der Waals surface area contributed by atoms with Crippen molar-refractivity contribution >= 4 is 20.0 Å². The first kappa shape index (κ1) is 25.3. The Kier molecular flexibility index (Phi) is 10.1. The number of aryl methyl sites for hydroxylation is 2. The third-order valence-electron chi connectivity index (χ3n) is 4.56. The molecule has 172 valence electrons. The molecule has 1 unspecified atom stereocenters. The highest BCUT2D eigenvalue weighted by Gasteiger charge is 2.40. The van der Waals surface area contributed by atoms with E-state index in [0.717, 1.165) is 21.5 Å². The summed E-state index contributed by atoms with van der Waals surface area (Å²) >= 11 is 0. The van der Waals surface area contributed by atoms with E-state index in [9.17, 15) is 14.2 Å². The van der Waals surface area contributed by atoms with Crippen molar-refractivity contribution in [1.29, 1.82) is 0 Å². The van der Waals surface area contributed by atoms with Gasteiger partial charge in [-0.2, -0.15) is 0 Å². The number of nitrogens with one attached hydrogen (secondary N) is 1. The largest absolute Gasteiger partial charge is 0.473 e. The summed E-state index contributed by atoms with van der Waals surface area (Å²) in [6.45, 7) is 7.43. The summed E-state index contributed by atoms with van der Waals surface area (Å²) in [4.78, 5) is 31.3. The molecule has 0 spiro atoms. The Bertz CT molecular complexity index is 902. The van der Waals surface area contributed by atoms with Crippen molar-refractivity contribution < 1.29 is 28.5 Å². The number of carbonyl (C=O) groups is 2. The van der Waals surface area contributed by atoms with Gasteiger partial charge in [0, 0.05) is 0 Å². The van der Waals surface area contributed by atoms with Crippen LogP contribution in [0.2, 0.25) is 0 Å². The maximum atomic E-state index is 13.0. The standard InChI is InChI=1S/C23H29N2O6P/c1-5-29-22(26)19(4)25(31-21-17(2)10-9-11-18(21)3)32(28)15-14-24-23(27)30-16-20-12-7-6-8-13-20/h6-13,19H,5,14-16H2,1-4H3/p+1/t19-/m0/s1. The van der Waals surface area contributed by atoms with Crippen LogP contribution in [-0.2, 0) is 25.4 Å². The third-order valence-corrected chi connectivity index (χ3v) is 6.03. The zero-order valence-electron chi connectivity index (χ0n) is 18.9. The van der Waals surface area contributed by atoms with Gasteiger partial charge in [-0.3, -0.25) is 4.79 Å². The molecule has 2 aromatic rings. The molecule has 9 heteroatoms. The molecule has 32 heavy (non-hydrogen) atoms. The minimum Gasteiger partial charge on any atom is -0.465 e. The Balaban J connectivity index is 1.97. The summed E-state index contributed by atoms with van der Waals surface area (Å²) in [7, 11) is -2.17. The van der Waals surface area contributed by atoms with Crippen LogP contribution in [0.15, 0.2) is 48.5 Å². The molecule has 0 heterocycles. The normalized spacial score (nSPS) is 12.1. The van der Waals surface area contributed by atoms with E-state index in [0.29, 0.717) is 5.75 Å². The van der Waals surface area contributed by atoms with Gasteiger partial charge in [0.05, 0.1) is 18.0 Å². The van der Waals surface area contributed by atoms with E-state index in [1.807, 2.05) is 62.4 Å². The van der Waals surface area contributed by atoms with Gasteiger partial charge >= 0.3 is 20.0 Å². The number of rotatable bonds is 11. The monoisotopic (exact) mass is 461 g/mol. The highest BCUT2D eigenvalue weighted by atomic mass is 31.1. The van der Waals surface area contributed by atoms with Crippen molar-refractivity contribution in [3.05, 3.63) is 65.2 Å². The predicted molar refractivity (Wildman–Crippen MR) is 122 cm³/mol. The lowest BCUT2D eigenvalue weighted by Crippen LogP contribution is -2.39. The number of amides is 1. The number of para-hydroxylation sites is 1. The average molecular weight is 461 g/mol. The second-order valence-electron chi connectivity index (χ2n) is 7.11. The van der Waals surface area contributed by atoms with Gasteiger partial charge < -0.3 is 19.6 Å². The highest BCUT2D eigenvalue weighted by Crippen LogP contribution is 2.34. The van der Waals surface area contributed by atoms with E-state index >= 15 is 0 Å². The molecule has 0 aliphatic carbocycles. The molecular formula is C23H30N2O6P+. The first-order valence-corrected chi connectivity index (χ1v) is 11.8. The lowest BCUT2D eigenvalue weighted by Gasteiger charge is -2.20. The van der Waals surface area contributed by atoms with Gasteiger partial charge in [0.25, 0.3) is 0 Å². The fourth-order valence-electron chi connectivity index (χ4n) is 2.83. The van der Waals surface area contributed by atoms with Crippen LogP contribution in [-0.4, -0.2) is 42.3 Å². The maximum absolute atomic E-state index is 13.0. The van der Waals surface area contributed by atoms with Gasteiger partial charge in [0.2, 0.25) is 0 Å². The number of hydrogen-bond acceptors (Lipinski definition) is 6. The molecule has 0 radical (unpaired) electrons. The predicted octanol–water partition coefficient (Wildman–Crippen LogP) is 4.52. The molecule has 2 atom stereocenters. The summed E-state index contributed by atoms with van der Waals surface area (Å²) in [6.07, 6.45) is -0.553. The molecule has 1 N–H and O–H groups in total. The molecule has 0 fully saturated rings. The van der Waals surface area contributed by atoms with Crippen LogP contribution in [0.5, 0.6) is 5.75 Å². The average Bonchev–Trinajstić information content (AvgIpc) is 2.78. The minimum absolute atomic E-state index is 0.0600. The Hall–Kier alpha value is -2.96. The van der Waals surface area contributed by atoms with E-state index in [1.54, 1.807) is 13.8 Å². The first-order chi connectivity index (χ1) is 15.3. The number of carbonyl (C=O) groups excluding carboxylic acids is 2. The topological polar surface area (TPSA) is 94.2 Å². The fourth-order valence-corrected chi connectivity index (χ4v) is 3.99. The summed E-state index contributed by atoms with van der Waals surface area (Å²) < 4.78 is 23.3. The van der Waals surface area contributed by atoms with Gasteiger partial charge in [0.15, 0.2) is 18.0 Å². The lowest BCUT2D eigenvalue weighted by atomic mass is 10.1. The second-order valence-corrected chi connectivity index (χ2v) is 8.65. The van der Waals surface area contributed by atoms with E-state index in [-0.39, 0.29) is 25.9 Å². The lowest BCUT2D eigenvalue weighted by molar-refractivity contribution is -0.153. The Labute approximate surface area is 189 Å². The smallest absolute Gasteiger partial charge is 0.465 e. The van der Waals surface area contributed by atoms with Crippen molar-refractivity contribution in [2.45, 2.75) is 40.3 Å². The second kappa shape index (κ2) is 12.8. The molecule has 0 saturated carbocycles. The fraction of sp³-hybridized carbons (Fsp3) is 0.391. The molecule has 0 aliphatic heterocycles. The van der Waals surface area contributed by atoms with Crippen LogP contribution in [0, 0.1) is 13.8 Å². The van der Waals surface area contributed by atoms with Gasteiger partial charge in [-0.1, -0.05) is 48.5 Å². The summed E-state index contributed by atoms with van der Waals surface area (Å²) in [5.41, 5.74) is 2.55. The van der Waals surface area contributed by atoms with Crippen molar-refractivity contribution in [3.63, 3.8) is 0 Å². The molecule has 2 aromatic carbocycles. The Morgan fingerprint density at radius 1 is 1.03 bits per heavy atom. The van der Waals surface area contributed by atoms with Crippen LogP contribution < -0.4 is 10.2 Å². The molecule has 0 aromatic heterocycles. The summed E-state index contributed by atoms with van der Waals surface area (Å²) in [6, 6.07) is 14.0. The number of ether oxygens (including phenoxy) is 2. The zero-order chi connectivity index (χ0) is 23.5. The quantitative estimate of drug-likeness (QED) is 0.299. The van der Waals surface area contributed by atoms with Crippen molar-refractivity contribution in [2.24, 2.45) is 0 Å². The number of esters is 1. The van der Waals surface area contributed by atoms with E-state index < -0.39 is 26.1 Å². The van der Waals surface area contributed by atoms with Crippen LogP contribution in [0.3, 0.4) is 0 Å². The number of hydrogen-bond donors (Lipinski definition) is 1. The number of benzene rings is 2. The van der Waals surface area contributed by atoms with Crippen LogP contribution in [0.1, 0.15) is 30.5 Å². The van der Waals surface area contributed by atoms with Crippen LogP contribution >= 0.6 is 7.95 Å². The highest BCUT2D eigenvalue weighted by molar-refractivity contribution is 7.41. The van der Waals surface area contributed by atoms with Crippen molar-refractivity contribution in [3.8, 4) is 5.75 Å². The number of alkyl carbamates (subject to hydrolysis) is 1. The van der Waals surface area contributed by atoms with Gasteiger partial charge in [-0.25, -0.2) is 4.79 Å². The Morgan fingerprint density at radius 2 is 1.69 bits per heavy atom. The molecule has 0 saturated heterocycles. The van der Waals surface area contributed by atoms with Crippen LogP contribution in [0.4, 0.5) is 4.79 Å². The van der Waals surface area contributed by atoms with Gasteiger partial charge in [-0.05, 0) is 49.0 Å². The minimum atomic E-state index is -2.17. The zero-order valence-corrected chi connectivity index (χ0v) is 19.8. The molecule has 2 rings (SSSR count). The molecule has 0 aliphatic rings. The third kappa shape index (κ3) is 7.62. The molecule has 0 bridgehead atoms. The van der Waals surface area contributed by atoms with E-state index in [2.05, 4.69) is 5.32 Å². The summed E-state index contributed by atoms with van der Waals surface area (Å²) in [5.74, 6) is -0.0143. The van der Waals surface area contributed by atoms with E-state index in [1.165, 1.54) is 0 Å². The SMILES string of the molecule is CCOC(=O)[C@H](C)N(Oc1c(C)cccc1C)[P+](=O)CCNC(=O)OCc1ccccc1. The Morgan fingerprint density at radius 3 is 2.31 bits per heavy atom. The van der Waals surface area contributed by atoms with Crippen LogP contribution in [0.25, 0.3) is 0 Å². The molecule has 8 nitrogen and oxygen atoms in total. The first-order valence-electron chi connectivity index (χ1n) is 10.4. The molecular weight excluding hydrogens is 431 g/mol. The van der Waals surface area contributed by atoms with Gasteiger partial charge in [-0.15, -0.1) is 0 Å². The number of nitrogens with zero attached hydrogens (tertiary/aromatic N) is 1. The molecule has 1 amide bonds.